The summed E-state index contributed by atoms with van der Waals surface area (Å²) in [6.07, 6.45) is -5.54. The van der Waals surface area contributed by atoms with E-state index in [0.29, 0.717) is 5.69 Å². The molecule has 1 aromatic carbocycles. The minimum absolute atomic E-state index is 0.539. The molecule has 1 aliphatic heterocycles. The van der Waals surface area contributed by atoms with Crippen LogP contribution in [0.5, 0.6) is 0 Å². The zero-order chi connectivity index (χ0) is 16.3. The van der Waals surface area contributed by atoms with Gasteiger partial charge in [-0.25, -0.2) is 4.79 Å². The summed E-state index contributed by atoms with van der Waals surface area (Å²) in [7, 11) is 0. The minimum atomic E-state index is -1.54. The molecule has 1 saturated heterocycles. The topological polar surface area (TPSA) is 131 Å². The number of anilines is 1. The van der Waals surface area contributed by atoms with Gasteiger partial charge in [-0.2, -0.15) is 0 Å². The van der Waals surface area contributed by atoms with Gasteiger partial charge in [0.25, 0.3) is 0 Å². The number of ether oxygens (including phenoxy) is 1. The van der Waals surface area contributed by atoms with Gasteiger partial charge in [0.2, 0.25) is 0 Å². The Morgan fingerprint density at radius 3 is 2.41 bits per heavy atom. The fourth-order valence-electron chi connectivity index (χ4n) is 2.21. The molecule has 122 valence electrons. The molecule has 5 atom stereocenters. The first-order chi connectivity index (χ1) is 10.4. The first kappa shape index (κ1) is 16.7. The Morgan fingerprint density at radius 1 is 1.18 bits per heavy atom. The van der Waals surface area contributed by atoms with Gasteiger partial charge in [-0.1, -0.05) is 17.7 Å². The van der Waals surface area contributed by atoms with Gasteiger partial charge in [0, 0.05) is 5.69 Å². The Labute approximate surface area is 127 Å². The smallest absolute Gasteiger partial charge is 0.319 e. The van der Waals surface area contributed by atoms with Crippen molar-refractivity contribution in [3.05, 3.63) is 29.8 Å². The highest BCUT2D eigenvalue weighted by atomic mass is 16.6. The van der Waals surface area contributed by atoms with Gasteiger partial charge in [-0.05, 0) is 19.1 Å². The molecule has 2 amide bonds. The molecule has 6 N–H and O–H groups in total. The minimum Gasteiger partial charge on any atom is -0.394 e. The van der Waals surface area contributed by atoms with Gasteiger partial charge < -0.3 is 35.8 Å². The molecule has 0 radical (unpaired) electrons. The third-order valence-corrected chi connectivity index (χ3v) is 3.51. The molecule has 2 rings (SSSR count). The molecular formula is C14H20N2O6. The maximum Gasteiger partial charge on any atom is 0.319 e. The molecule has 0 saturated carbocycles. The molecule has 8 nitrogen and oxygen atoms in total. The summed E-state index contributed by atoms with van der Waals surface area (Å²) in [5.41, 5.74) is 1.58. The summed E-state index contributed by atoms with van der Waals surface area (Å²) in [6.45, 7) is 1.35. The monoisotopic (exact) mass is 312 g/mol. The fourth-order valence-corrected chi connectivity index (χ4v) is 2.21. The first-order valence-corrected chi connectivity index (χ1v) is 6.87. The van der Waals surface area contributed by atoms with Gasteiger partial charge in [0.15, 0.2) is 6.29 Å². The molecule has 0 aliphatic carbocycles. The van der Waals surface area contributed by atoms with E-state index in [2.05, 4.69) is 10.6 Å². The number of urea groups is 1. The van der Waals surface area contributed by atoms with E-state index in [1.54, 1.807) is 12.1 Å². The molecule has 0 bridgehead atoms. The van der Waals surface area contributed by atoms with Crippen LogP contribution < -0.4 is 10.6 Å². The number of rotatable bonds is 3. The molecule has 0 spiro atoms. The van der Waals surface area contributed by atoms with Gasteiger partial charge in [0.05, 0.1) is 6.61 Å². The van der Waals surface area contributed by atoms with Crippen LogP contribution in [0.2, 0.25) is 0 Å². The van der Waals surface area contributed by atoms with E-state index >= 15 is 0 Å². The molecule has 22 heavy (non-hydrogen) atoms. The molecule has 1 fully saturated rings. The van der Waals surface area contributed by atoms with E-state index in [9.17, 15) is 20.1 Å². The van der Waals surface area contributed by atoms with Crippen molar-refractivity contribution in [1.82, 2.24) is 5.32 Å². The van der Waals surface area contributed by atoms with Crippen LogP contribution in [0.3, 0.4) is 0 Å². The predicted octanol–water partition coefficient (Wildman–Crippen LogP) is -1.08. The number of aliphatic hydroxyl groups excluding tert-OH is 4. The van der Waals surface area contributed by atoms with Gasteiger partial charge in [-0.15, -0.1) is 0 Å². The Kier molecular flexibility index (Phi) is 5.33. The van der Waals surface area contributed by atoms with Gasteiger partial charge in [-0.3, -0.25) is 0 Å². The van der Waals surface area contributed by atoms with Crippen molar-refractivity contribution in [2.75, 3.05) is 11.9 Å². The van der Waals surface area contributed by atoms with Crippen LogP contribution in [0.1, 0.15) is 5.56 Å². The number of hydrogen-bond acceptors (Lipinski definition) is 6. The number of carbonyl (C=O) groups is 1. The number of benzene rings is 1. The largest absolute Gasteiger partial charge is 0.394 e. The van der Waals surface area contributed by atoms with E-state index in [-0.39, 0.29) is 0 Å². The van der Waals surface area contributed by atoms with Crippen LogP contribution in [0.4, 0.5) is 10.5 Å². The van der Waals surface area contributed by atoms with Crippen molar-refractivity contribution < 1.29 is 30.0 Å². The summed E-state index contributed by atoms with van der Waals surface area (Å²) >= 11 is 0. The number of nitrogens with one attached hydrogen (secondary N) is 2. The lowest BCUT2D eigenvalue weighted by atomic mass is 9.97. The van der Waals surface area contributed by atoms with Crippen LogP contribution >= 0.6 is 0 Å². The Balaban J connectivity index is 1.97. The van der Waals surface area contributed by atoms with E-state index in [4.69, 9.17) is 9.84 Å². The third kappa shape index (κ3) is 3.73. The Bertz CT molecular complexity index is 509. The molecule has 1 heterocycles. The lowest BCUT2D eigenvalue weighted by Crippen LogP contribution is -2.64. The van der Waals surface area contributed by atoms with Crippen molar-refractivity contribution in [2.24, 2.45) is 0 Å². The predicted molar refractivity (Wildman–Crippen MR) is 77.1 cm³/mol. The standard InChI is InChI=1S/C14H20N2O6/c1-7-2-4-8(5-3-7)15-14(21)16-10-12(19)11(18)9(6-17)22-13(10)20/h2-5,9-13,17-20H,6H2,1H3,(H2,15,16,21)/t9-,10-,11-,12-,13-/m1/s1. The maximum atomic E-state index is 11.9. The number of aliphatic hydroxyl groups is 4. The number of carbonyl (C=O) groups excluding carboxylic acids is 1. The second-order valence-electron chi connectivity index (χ2n) is 5.22. The van der Waals surface area contributed by atoms with Crippen molar-refractivity contribution >= 4 is 11.7 Å². The molecular weight excluding hydrogens is 292 g/mol. The maximum absolute atomic E-state index is 11.9. The highest BCUT2D eigenvalue weighted by Gasteiger charge is 2.44. The normalized spacial score (nSPS) is 31.6. The van der Waals surface area contributed by atoms with E-state index in [0.717, 1.165) is 5.56 Å². The molecule has 1 aliphatic rings. The van der Waals surface area contributed by atoms with Crippen molar-refractivity contribution in [3.8, 4) is 0 Å². The van der Waals surface area contributed by atoms with Crippen molar-refractivity contribution in [2.45, 2.75) is 37.6 Å². The Morgan fingerprint density at radius 2 is 1.82 bits per heavy atom. The summed E-state index contributed by atoms with van der Waals surface area (Å²) in [4.78, 5) is 11.9. The summed E-state index contributed by atoms with van der Waals surface area (Å²) in [5, 5.41) is 43.3. The average Bonchev–Trinajstić information content (AvgIpc) is 2.49. The highest BCUT2D eigenvalue weighted by molar-refractivity contribution is 5.89. The fraction of sp³-hybridized carbons (Fsp3) is 0.500. The second-order valence-corrected chi connectivity index (χ2v) is 5.22. The molecule has 1 aromatic rings. The van der Waals surface area contributed by atoms with Crippen LogP contribution in [0.25, 0.3) is 0 Å². The first-order valence-electron chi connectivity index (χ1n) is 6.87. The summed E-state index contributed by atoms with van der Waals surface area (Å²) in [6, 6.07) is 5.16. The third-order valence-electron chi connectivity index (χ3n) is 3.51. The van der Waals surface area contributed by atoms with Crippen molar-refractivity contribution in [3.63, 3.8) is 0 Å². The molecule has 0 unspecified atom stereocenters. The van der Waals surface area contributed by atoms with E-state index in [1.807, 2.05) is 19.1 Å². The second kappa shape index (κ2) is 7.03. The average molecular weight is 312 g/mol. The van der Waals surface area contributed by atoms with Gasteiger partial charge in [0.1, 0.15) is 24.4 Å². The van der Waals surface area contributed by atoms with E-state index < -0.39 is 43.3 Å². The van der Waals surface area contributed by atoms with Crippen LogP contribution in [-0.4, -0.2) is 63.7 Å². The zero-order valence-corrected chi connectivity index (χ0v) is 12.0. The lowest BCUT2D eigenvalue weighted by Gasteiger charge is -2.40. The van der Waals surface area contributed by atoms with Crippen LogP contribution in [-0.2, 0) is 4.74 Å². The van der Waals surface area contributed by atoms with Crippen LogP contribution in [0, 0.1) is 6.92 Å². The van der Waals surface area contributed by atoms with E-state index in [1.165, 1.54) is 0 Å². The quantitative estimate of drug-likeness (QED) is 0.421. The Hall–Kier alpha value is -1.71. The lowest BCUT2D eigenvalue weighted by molar-refractivity contribution is -0.252. The zero-order valence-electron chi connectivity index (χ0n) is 12.0. The van der Waals surface area contributed by atoms with Crippen molar-refractivity contribution in [1.29, 1.82) is 0 Å². The number of amides is 2. The molecule has 8 heteroatoms. The molecule has 0 aromatic heterocycles. The number of aryl methyl sites for hydroxylation is 1. The highest BCUT2D eigenvalue weighted by Crippen LogP contribution is 2.20. The van der Waals surface area contributed by atoms with Crippen LogP contribution in [0.15, 0.2) is 24.3 Å². The summed E-state index contributed by atoms with van der Waals surface area (Å²) in [5.74, 6) is 0. The SMILES string of the molecule is Cc1ccc(NC(=O)N[C@@H]2[C@@H](O)[C@H](O)[C@@H](CO)O[C@H]2O)cc1. The number of hydrogen-bond donors (Lipinski definition) is 6. The van der Waals surface area contributed by atoms with Gasteiger partial charge >= 0.3 is 6.03 Å². The summed E-state index contributed by atoms with van der Waals surface area (Å²) < 4.78 is 4.95.